The number of amides is 4. The van der Waals surface area contributed by atoms with E-state index in [0.29, 0.717) is 11.3 Å². The highest BCUT2D eigenvalue weighted by molar-refractivity contribution is 5.97. The second-order valence-electron chi connectivity index (χ2n) is 9.64. The first-order chi connectivity index (χ1) is 19.4. The molecule has 0 unspecified atom stereocenters. The van der Waals surface area contributed by atoms with Crippen molar-refractivity contribution in [2.75, 3.05) is 6.61 Å². The molecule has 2 rings (SSSR count). The van der Waals surface area contributed by atoms with Crippen LogP contribution in [0.1, 0.15) is 55.4 Å². The van der Waals surface area contributed by atoms with Crippen LogP contribution in [0.3, 0.4) is 0 Å². The molecule has 222 valence electrons. The van der Waals surface area contributed by atoms with Gasteiger partial charge < -0.3 is 30.9 Å². The zero-order valence-corrected chi connectivity index (χ0v) is 23.4. The van der Waals surface area contributed by atoms with E-state index in [1.807, 2.05) is 0 Å². The van der Waals surface area contributed by atoms with Crippen LogP contribution in [-0.4, -0.2) is 59.5 Å². The highest BCUT2D eigenvalue weighted by Gasteiger charge is 2.30. The number of primary amides is 1. The van der Waals surface area contributed by atoms with Gasteiger partial charge in [0.1, 0.15) is 23.7 Å². The Kier molecular flexibility index (Phi) is 12.7. The fraction of sp³-hybridized carbons (Fsp3) is 0.429. The summed E-state index contributed by atoms with van der Waals surface area (Å²) in [5, 5.41) is 11.6. The molecule has 12 nitrogen and oxygen atoms in total. The zero-order valence-electron chi connectivity index (χ0n) is 23.4. The lowest BCUT2D eigenvalue weighted by Crippen LogP contribution is -2.56. The largest absolute Gasteiger partial charge is 0.463 e. The van der Waals surface area contributed by atoms with Crippen molar-refractivity contribution in [3.8, 4) is 0 Å². The van der Waals surface area contributed by atoms with Crippen molar-refractivity contribution in [1.29, 1.82) is 0 Å². The number of aryl methyl sites for hydroxylation is 1. The minimum Gasteiger partial charge on any atom is -0.463 e. The van der Waals surface area contributed by atoms with Crippen LogP contribution in [0.25, 0.3) is 0 Å². The summed E-state index contributed by atoms with van der Waals surface area (Å²) >= 11 is 0. The number of nitrogens with zero attached hydrogens (tertiary/aromatic N) is 1. The number of carbonyl (C=O) groups excluding carboxylic acids is 5. The van der Waals surface area contributed by atoms with E-state index < -0.39 is 53.5 Å². The minimum atomic E-state index is -1.17. The number of halogens is 1. The molecule has 4 amide bonds. The maximum absolute atomic E-state index is 13.5. The van der Waals surface area contributed by atoms with E-state index in [0.717, 1.165) is 6.08 Å². The Bertz CT molecular complexity index is 1240. The molecule has 1 aromatic carbocycles. The quantitative estimate of drug-likeness (QED) is 0.182. The van der Waals surface area contributed by atoms with Crippen LogP contribution in [0.5, 0.6) is 0 Å². The molecule has 0 radical (unpaired) electrons. The lowest BCUT2D eigenvalue weighted by atomic mass is 10.00. The van der Waals surface area contributed by atoms with Crippen molar-refractivity contribution in [1.82, 2.24) is 21.1 Å². The van der Waals surface area contributed by atoms with Crippen LogP contribution in [0, 0.1) is 18.7 Å². The topological polar surface area (TPSA) is 183 Å². The smallest absolute Gasteiger partial charge is 0.330 e. The molecule has 0 saturated carbocycles. The van der Waals surface area contributed by atoms with E-state index in [2.05, 4.69) is 21.1 Å². The van der Waals surface area contributed by atoms with E-state index >= 15 is 0 Å². The second-order valence-corrected chi connectivity index (χ2v) is 9.64. The fourth-order valence-electron chi connectivity index (χ4n) is 3.73. The fourth-order valence-corrected chi connectivity index (χ4v) is 3.73. The number of rotatable bonds is 15. The number of hydrogen-bond acceptors (Lipinski definition) is 8. The van der Waals surface area contributed by atoms with Gasteiger partial charge in [0.15, 0.2) is 5.69 Å². The normalized spacial score (nSPS) is 13.3. The molecule has 0 aliphatic heterocycles. The average Bonchev–Trinajstić information content (AvgIpc) is 3.35. The first kappa shape index (κ1) is 32.7. The molecule has 0 bridgehead atoms. The molecular formula is C28H36FN5O7. The summed E-state index contributed by atoms with van der Waals surface area (Å²) in [6, 6.07) is 3.80. The number of esters is 1. The lowest BCUT2D eigenvalue weighted by Gasteiger charge is -2.26. The number of aromatic nitrogens is 1. The highest BCUT2D eigenvalue weighted by atomic mass is 19.1. The zero-order chi connectivity index (χ0) is 30.5. The SMILES string of the molecule is CCOC(=O)C=C[C@H](CCC(N)=O)NC(=O)[C@H](Cc1ccc(F)cc1)NC(=O)[C@@H](NC(=O)c1cc(C)on1)C(C)C. The molecule has 3 atom stereocenters. The number of ether oxygens (including phenoxy) is 1. The summed E-state index contributed by atoms with van der Waals surface area (Å²) in [5.74, 6) is -3.61. The van der Waals surface area contributed by atoms with Crippen molar-refractivity contribution in [2.24, 2.45) is 11.7 Å². The van der Waals surface area contributed by atoms with Crippen LogP contribution in [0.15, 0.2) is 47.0 Å². The van der Waals surface area contributed by atoms with Crippen molar-refractivity contribution in [3.05, 3.63) is 65.3 Å². The van der Waals surface area contributed by atoms with Gasteiger partial charge in [-0.25, -0.2) is 9.18 Å². The summed E-state index contributed by atoms with van der Waals surface area (Å²) in [5.41, 5.74) is 5.80. The van der Waals surface area contributed by atoms with Crippen LogP contribution in [0.4, 0.5) is 4.39 Å². The molecule has 1 aromatic heterocycles. The van der Waals surface area contributed by atoms with Crippen molar-refractivity contribution >= 4 is 29.6 Å². The Morgan fingerprint density at radius 1 is 1.07 bits per heavy atom. The van der Waals surface area contributed by atoms with Crippen LogP contribution < -0.4 is 21.7 Å². The standard InChI is InChI=1S/C28H36FN5O7/c1-5-40-24(36)13-11-20(10-12-23(30)35)31-26(37)21(15-18-6-8-19(29)9-7-18)32-28(39)25(16(2)3)33-27(38)22-14-17(4)41-34-22/h6-9,11,13-14,16,20-21,25H,5,10,12,15H2,1-4H3,(H2,30,35)(H,31,37)(H,32,39)(H,33,38)/t20-,21-,25-/m0/s1. The molecule has 0 aliphatic rings. The van der Waals surface area contributed by atoms with Crippen molar-refractivity contribution in [3.63, 3.8) is 0 Å². The van der Waals surface area contributed by atoms with Gasteiger partial charge in [-0.15, -0.1) is 0 Å². The maximum Gasteiger partial charge on any atom is 0.330 e. The lowest BCUT2D eigenvalue weighted by molar-refractivity contribution is -0.137. The van der Waals surface area contributed by atoms with E-state index in [-0.39, 0.29) is 37.5 Å². The van der Waals surface area contributed by atoms with Gasteiger partial charge in [-0.05, 0) is 43.9 Å². The predicted molar refractivity (Wildman–Crippen MR) is 145 cm³/mol. The minimum absolute atomic E-state index is 0.00719. The molecule has 41 heavy (non-hydrogen) atoms. The monoisotopic (exact) mass is 573 g/mol. The van der Waals surface area contributed by atoms with Gasteiger partial charge in [0.25, 0.3) is 5.91 Å². The highest BCUT2D eigenvalue weighted by Crippen LogP contribution is 2.11. The van der Waals surface area contributed by atoms with Crippen molar-refractivity contribution < 1.29 is 37.6 Å². The Labute approximate surface area is 237 Å². The number of benzene rings is 1. The molecule has 13 heteroatoms. The Morgan fingerprint density at radius 2 is 1.76 bits per heavy atom. The van der Waals surface area contributed by atoms with Gasteiger partial charge in [0.2, 0.25) is 17.7 Å². The van der Waals surface area contributed by atoms with Gasteiger partial charge in [0.05, 0.1) is 6.61 Å². The van der Waals surface area contributed by atoms with E-state index in [1.54, 1.807) is 27.7 Å². The second kappa shape index (κ2) is 15.9. The van der Waals surface area contributed by atoms with Gasteiger partial charge in [-0.1, -0.05) is 37.2 Å². The third-order valence-corrected chi connectivity index (χ3v) is 5.86. The summed E-state index contributed by atoms with van der Waals surface area (Å²) in [6.45, 7) is 6.84. The number of nitrogens with one attached hydrogen (secondary N) is 3. The van der Waals surface area contributed by atoms with Gasteiger partial charge in [-0.2, -0.15) is 0 Å². The molecule has 0 fully saturated rings. The molecule has 0 saturated heterocycles. The molecule has 0 spiro atoms. The Balaban J connectivity index is 2.28. The average molecular weight is 574 g/mol. The van der Waals surface area contributed by atoms with Gasteiger partial charge >= 0.3 is 5.97 Å². The molecule has 2 aromatic rings. The number of hydrogen-bond donors (Lipinski definition) is 4. The third-order valence-electron chi connectivity index (χ3n) is 5.86. The summed E-state index contributed by atoms with van der Waals surface area (Å²) in [6.07, 6.45) is 2.46. The third kappa shape index (κ3) is 11.2. The van der Waals surface area contributed by atoms with Crippen LogP contribution in [0.2, 0.25) is 0 Å². The first-order valence-corrected chi connectivity index (χ1v) is 13.1. The summed E-state index contributed by atoms with van der Waals surface area (Å²) < 4.78 is 23.3. The van der Waals surface area contributed by atoms with Gasteiger partial charge in [-0.3, -0.25) is 19.2 Å². The Morgan fingerprint density at radius 3 is 2.32 bits per heavy atom. The number of nitrogens with two attached hydrogens (primary N) is 1. The number of carbonyl (C=O) groups is 5. The van der Waals surface area contributed by atoms with E-state index in [4.69, 9.17) is 15.0 Å². The maximum atomic E-state index is 13.5. The van der Waals surface area contributed by atoms with E-state index in [1.165, 1.54) is 36.4 Å². The molecular weight excluding hydrogens is 537 g/mol. The van der Waals surface area contributed by atoms with Crippen molar-refractivity contribution in [2.45, 2.75) is 65.1 Å². The molecule has 5 N–H and O–H groups in total. The predicted octanol–water partition coefficient (Wildman–Crippen LogP) is 1.47. The summed E-state index contributed by atoms with van der Waals surface area (Å²) in [4.78, 5) is 62.6. The van der Waals surface area contributed by atoms with Crippen LogP contribution in [-0.2, 0) is 30.3 Å². The molecule has 0 aliphatic carbocycles. The first-order valence-electron chi connectivity index (χ1n) is 13.1. The van der Waals surface area contributed by atoms with E-state index in [9.17, 15) is 28.4 Å². The van der Waals surface area contributed by atoms with Crippen LogP contribution >= 0.6 is 0 Å². The van der Waals surface area contributed by atoms with Gasteiger partial charge in [0, 0.05) is 31.0 Å². The Hall–Kier alpha value is -4.55. The summed E-state index contributed by atoms with van der Waals surface area (Å²) in [7, 11) is 0. The molecule has 1 heterocycles.